The van der Waals surface area contributed by atoms with Crippen molar-refractivity contribution in [3.05, 3.63) is 23.5 Å². The van der Waals surface area contributed by atoms with Gasteiger partial charge in [0.05, 0.1) is 5.69 Å². The molecule has 0 aromatic carbocycles. The number of terminal acetylenes is 1. The van der Waals surface area contributed by atoms with E-state index >= 15 is 0 Å². The van der Waals surface area contributed by atoms with Crippen LogP contribution in [0.1, 0.15) is 75.6 Å². The molecule has 1 aromatic heterocycles. The fourth-order valence-electron chi connectivity index (χ4n) is 3.07. The van der Waals surface area contributed by atoms with E-state index in [1.807, 2.05) is 6.07 Å². The lowest BCUT2D eigenvalue weighted by atomic mass is 9.78. The number of nitrogens with zero attached hydrogens (tertiary/aromatic N) is 2. The summed E-state index contributed by atoms with van der Waals surface area (Å²) in [5.74, 6) is 4.06. The van der Waals surface area contributed by atoms with E-state index in [1.165, 1.54) is 51.4 Å². The normalized spacial score (nSPS) is 22.9. The predicted molar refractivity (Wildman–Crippen MR) is 78.8 cm³/mol. The molecule has 0 saturated heterocycles. The van der Waals surface area contributed by atoms with Gasteiger partial charge in [-0.1, -0.05) is 32.6 Å². The molecule has 0 unspecified atom stereocenters. The third-order valence-corrected chi connectivity index (χ3v) is 4.31. The van der Waals surface area contributed by atoms with Crippen LogP contribution in [-0.4, -0.2) is 10.2 Å². The fraction of sp³-hybridized carbons (Fsp3) is 0.647. The van der Waals surface area contributed by atoms with E-state index in [-0.39, 0.29) is 0 Å². The molecule has 1 heterocycles. The van der Waals surface area contributed by atoms with Crippen molar-refractivity contribution in [1.82, 2.24) is 10.2 Å². The summed E-state index contributed by atoms with van der Waals surface area (Å²) < 4.78 is 0. The molecule has 0 N–H and O–H groups in total. The number of hydrogen-bond acceptors (Lipinski definition) is 2. The second-order valence-electron chi connectivity index (χ2n) is 5.70. The van der Waals surface area contributed by atoms with Crippen molar-refractivity contribution in [2.24, 2.45) is 5.92 Å². The Morgan fingerprint density at radius 1 is 1.16 bits per heavy atom. The average molecular weight is 256 g/mol. The van der Waals surface area contributed by atoms with Crippen molar-refractivity contribution in [3.8, 4) is 12.3 Å². The van der Waals surface area contributed by atoms with Gasteiger partial charge in [0.1, 0.15) is 5.69 Å². The molecule has 102 valence electrons. The highest BCUT2D eigenvalue weighted by atomic mass is 15.1. The maximum atomic E-state index is 5.30. The number of aromatic nitrogens is 2. The quantitative estimate of drug-likeness (QED) is 0.579. The van der Waals surface area contributed by atoms with Crippen molar-refractivity contribution in [3.63, 3.8) is 0 Å². The van der Waals surface area contributed by atoms with E-state index in [9.17, 15) is 0 Å². The Morgan fingerprint density at radius 2 is 1.95 bits per heavy atom. The van der Waals surface area contributed by atoms with Crippen LogP contribution in [0.3, 0.4) is 0 Å². The van der Waals surface area contributed by atoms with E-state index in [1.54, 1.807) is 0 Å². The molecule has 0 atom stereocenters. The summed E-state index contributed by atoms with van der Waals surface area (Å²) >= 11 is 0. The van der Waals surface area contributed by atoms with Gasteiger partial charge < -0.3 is 0 Å². The number of rotatable bonds is 5. The monoisotopic (exact) mass is 256 g/mol. The summed E-state index contributed by atoms with van der Waals surface area (Å²) in [6, 6.07) is 3.97. The highest BCUT2D eigenvalue weighted by Gasteiger charge is 2.23. The summed E-state index contributed by atoms with van der Waals surface area (Å²) in [5, 5.41) is 8.35. The van der Waals surface area contributed by atoms with Crippen molar-refractivity contribution in [2.75, 3.05) is 0 Å². The average Bonchev–Trinajstić information content (AvgIpc) is 2.48. The first-order chi connectivity index (χ1) is 9.33. The van der Waals surface area contributed by atoms with Crippen LogP contribution >= 0.6 is 0 Å². The molecule has 0 radical (unpaired) electrons. The Labute approximate surface area is 117 Å². The first-order valence-corrected chi connectivity index (χ1v) is 7.63. The Kier molecular flexibility index (Phi) is 5.39. The van der Waals surface area contributed by atoms with Crippen LogP contribution in [-0.2, 0) is 0 Å². The first kappa shape index (κ1) is 14.1. The summed E-state index contributed by atoms with van der Waals surface area (Å²) in [7, 11) is 0. The van der Waals surface area contributed by atoms with Crippen LogP contribution in [0.4, 0.5) is 0 Å². The Hall–Kier alpha value is -1.36. The third-order valence-electron chi connectivity index (χ3n) is 4.31. The highest BCUT2D eigenvalue weighted by molar-refractivity contribution is 5.24. The predicted octanol–water partition coefficient (Wildman–Crippen LogP) is 4.31. The Bertz CT molecular complexity index is 408. The second-order valence-corrected chi connectivity index (χ2v) is 5.70. The fourth-order valence-corrected chi connectivity index (χ4v) is 3.07. The lowest BCUT2D eigenvalue weighted by Gasteiger charge is -2.27. The largest absolute Gasteiger partial charge is 0.154 e. The molecule has 19 heavy (non-hydrogen) atoms. The lowest BCUT2D eigenvalue weighted by molar-refractivity contribution is 0.299. The topological polar surface area (TPSA) is 25.8 Å². The van der Waals surface area contributed by atoms with Crippen molar-refractivity contribution in [1.29, 1.82) is 0 Å². The van der Waals surface area contributed by atoms with Gasteiger partial charge in [-0.3, -0.25) is 0 Å². The second kappa shape index (κ2) is 7.28. The highest BCUT2D eigenvalue weighted by Crippen LogP contribution is 2.36. The Balaban J connectivity index is 1.80. The van der Waals surface area contributed by atoms with Gasteiger partial charge in [0.2, 0.25) is 0 Å². The zero-order valence-corrected chi connectivity index (χ0v) is 11.9. The van der Waals surface area contributed by atoms with Crippen LogP contribution in [0.2, 0.25) is 0 Å². The summed E-state index contributed by atoms with van der Waals surface area (Å²) in [6.45, 7) is 2.27. The van der Waals surface area contributed by atoms with Gasteiger partial charge in [0, 0.05) is 5.92 Å². The summed E-state index contributed by atoms with van der Waals surface area (Å²) in [4.78, 5) is 0. The molecule has 0 aliphatic heterocycles. The molecular formula is C17H24N2. The van der Waals surface area contributed by atoms with Crippen LogP contribution in [0, 0.1) is 18.3 Å². The van der Waals surface area contributed by atoms with Gasteiger partial charge >= 0.3 is 0 Å². The molecule has 2 rings (SSSR count). The van der Waals surface area contributed by atoms with Crippen LogP contribution in [0.5, 0.6) is 0 Å². The van der Waals surface area contributed by atoms with Gasteiger partial charge in [0.15, 0.2) is 0 Å². The Morgan fingerprint density at radius 3 is 2.53 bits per heavy atom. The maximum absolute atomic E-state index is 5.30. The molecule has 0 bridgehead atoms. The maximum Gasteiger partial charge on any atom is 0.135 e. The first-order valence-electron chi connectivity index (χ1n) is 7.63. The van der Waals surface area contributed by atoms with Crippen molar-refractivity contribution < 1.29 is 0 Å². The molecule has 1 aromatic rings. The molecule has 0 amide bonds. The minimum absolute atomic E-state index is 0.599. The van der Waals surface area contributed by atoms with Gasteiger partial charge in [-0.05, 0) is 49.7 Å². The molecule has 0 spiro atoms. The number of unbranched alkanes of at least 4 members (excludes halogenated alkanes) is 2. The minimum Gasteiger partial charge on any atom is -0.154 e. The molecule has 2 nitrogen and oxygen atoms in total. The molecule has 1 aliphatic carbocycles. The van der Waals surface area contributed by atoms with E-state index in [4.69, 9.17) is 6.42 Å². The van der Waals surface area contributed by atoms with Crippen LogP contribution < -0.4 is 0 Å². The van der Waals surface area contributed by atoms with Gasteiger partial charge in [0.25, 0.3) is 0 Å². The van der Waals surface area contributed by atoms with Gasteiger partial charge in [-0.25, -0.2) is 0 Å². The molecule has 2 heteroatoms. The van der Waals surface area contributed by atoms with E-state index in [2.05, 4.69) is 29.1 Å². The van der Waals surface area contributed by atoms with Gasteiger partial charge in [-0.2, -0.15) is 5.10 Å². The third kappa shape index (κ3) is 4.06. The standard InChI is InChI=1S/C17H24N2/c1-3-5-6-7-14-8-10-15(11-9-14)17-13-12-16(4-2)18-19-17/h2,12-15H,3,5-11H2,1H3. The van der Waals surface area contributed by atoms with Crippen molar-refractivity contribution in [2.45, 2.75) is 64.2 Å². The smallest absolute Gasteiger partial charge is 0.135 e. The van der Waals surface area contributed by atoms with Gasteiger partial charge in [-0.15, -0.1) is 11.5 Å². The molecular weight excluding hydrogens is 232 g/mol. The minimum atomic E-state index is 0.599. The zero-order valence-electron chi connectivity index (χ0n) is 11.9. The molecule has 1 aliphatic rings. The van der Waals surface area contributed by atoms with Crippen LogP contribution in [0.15, 0.2) is 12.1 Å². The van der Waals surface area contributed by atoms with Crippen molar-refractivity contribution >= 4 is 0 Å². The molecule has 1 saturated carbocycles. The van der Waals surface area contributed by atoms with E-state index < -0.39 is 0 Å². The summed E-state index contributed by atoms with van der Waals surface area (Å²) in [6.07, 6.45) is 16.1. The lowest BCUT2D eigenvalue weighted by Crippen LogP contribution is -2.14. The zero-order chi connectivity index (χ0) is 13.5. The number of hydrogen-bond donors (Lipinski definition) is 0. The van der Waals surface area contributed by atoms with Crippen LogP contribution in [0.25, 0.3) is 0 Å². The van der Waals surface area contributed by atoms with E-state index in [0.717, 1.165) is 11.6 Å². The van der Waals surface area contributed by atoms with E-state index in [0.29, 0.717) is 11.6 Å². The molecule has 1 fully saturated rings. The summed E-state index contributed by atoms with van der Waals surface area (Å²) in [5.41, 5.74) is 1.77. The SMILES string of the molecule is C#Cc1ccc(C2CCC(CCCCC)CC2)nn1.